The van der Waals surface area contributed by atoms with Crippen LogP contribution in [0, 0.1) is 11.8 Å². The maximum absolute atomic E-state index is 5.42. The Hall–Kier alpha value is -0.530. The van der Waals surface area contributed by atoms with E-state index in [0.29, 0.717) is 17.9 Å². The molecule has 2 aliphatic rings. The maximum Gasteiger partial charge on any atom is 0.135 e. The third-order valence-corrected chi connectivity index (χ3v) is 2.97. The van der Waals surface area contributed by atoms with Crippen LogP contribution in [0.5, 0.6) is 0 Å². The summed E-state index contributed by atoms with van der Waals surface area (Å²) in [6.07, 6.45) is 5.61. The first-order valence-electron chi connectivity index (χ1n) is 5.02. The van der Waals surface area contributed by atoms with E-state index in [2.05, 4.69) is 19.0 Å². The Balaban J connectivity index is 2.08. The van der Waals surface area contributed by atoms with E-state index in [1.807, 2.05) is 0 Å². The second kappa shape index (κ2) is 3.08. The van der Waals surface area contributed by atoms with Gasteiger partial charge in [0, 0.05) is 5.92 Å². The second-order valence-corrected chi connectivity index (χ2v) is 4.21. The Bertz CT molecular complexity index is 198. The van der Waals surface area contributed by atoms with Crippen LogP contribution in [0.2, 0.25) is 0 Å². The molecule has 2 unspecified atom stereocenters. The molecule has 0 aromatic heterocycles. The molecule has 2 nitrogen and oxygen atoms in total. The highest BCUT2D eigenvalue weighted by Crippen LogP contribution is 2.34. The second-order valence-electron chi connectivity index (χ2n) is 4.21. The fourth-order valence-electron chi connectivity index (χ4n) is 2.29. The Morgan fingerprint density at radius 1 is 1.33 bits per heavy atom. The minimum atomic E-state index is 0.427. The Labute approximate surface area is 74.0 Å². The van der Waals surface area contributed by atoms with Gasteiger partial charge in [0.2, 0.25) is 0 Å². The lowest BCUT2D eigenvalue weighted by Gasteiger charge is -2.24. The molecular formula is C10H17NO. The lowest BCUT2D eigenvalue weighted by atomic mass is 9.80. The molecule has 0 N–H and O–H groups in total. The normalized spacial score (nSPS) is 34.4. The zero-order chi connectivity index (χ0) is 8.55. The molecular weight excluding hydrogens is 150 g/mol. The van der Waals surface area contributed by atoms with Crippen LogP contribution in [0.3, 0.4) is 0 Å². The van der Waals surface area contributed by atoms with Gasteiger partial charge in [-0.2, -0.15) is 0 Å². The largest absolute Gasteiger partial charge is 0.392 e. The summed E-state index contributed by atoms with van der Waals surface area (Å²) in [5.74, 6) is 1.22. The molecule has 0 aromatic rings. The highest BCUT2D eigenvalue weighted by molar-refractivity contribution is 5.89. The maximum atomic E-state index is 5.42. The van der Waals surface area contributed by atoms with Crippen molar-refractivity contribution in [1.82, 2.24) is 0 Å². The van der Waals surface area contributed by atoms with E-state index in [9.17, 15) is 0 Å². The van der Waals surface area contributed by atoms with Crippen molar-refractivity contribution in [3.05, 3.63) is 0 Å². The van der Waals surface area contributed by atoms with Gasteiger partial charge in [-0.15, -0.1) is 0 Å². The average molecular weight is 167 g/mol. The molecule has 1 saturated carbocycles. The van der Waals surface area contributed by atoms with Crippen LogP contribution in [-0.4, -0.2) is 11.8 Å². The SMILES string of the molecule is CC(C)C1=NOC2CCCCC12. The van der Waals surface area contributed by atoms with E-state index in [4.69, 9.17) is 4.84 Å². The van der Waals surface area contributed by atoms with Crippen LogP contribution in [0.15, 0.2) is 5.16 Å². The zero-order valence-electron chi connectivity index (χ0n) is 7.92. The molecule has 2 heteroatoms. The number of oxime groups is 1. The molecule has 0 saturated heterocycles. The van der Waals surface area contributed by atoms with Gasteiger partial charge in [-0.05, 0) is 25.2 Å². The first-order chi connectivity index (χ1) is 5.79. The summed E-state index contributed by atoms with van der Waals surface area (Å²) in [5, 5.41) is 4.20. The van der Waals surface area contributed by atoms with Crippen molar-refractivity contribution in [2.45, 2.75) is 45.6 Å². The van der Waals surface area contributed by atoms with Crippen LogP contribution in [-0.2, 0) is 4.84 Å². The van der Waals surface area contributed by atoms with Crippen LogP contribution in [0.4, 0.5) is 0 Å². The molecule has 1 fully saturated rings. The standard InChI is InChI=1S/C10H17NO/c1-7(2)10-8-5-3-4-6-9(8)12-11-10/h7-9H,3-6H2,1-2H3. The number of fused-ring (bicyclic) bond motifs is 1. The van der Waals surface area contributed by atoms with Crippen LogP contribution >= 0.6 is 0 Å². The van der Waals surface area contributed by atoms with Crippen molar-refractivity contribution in [3.63, 3.8) is 0 Å². The fourth-order valence-corrected chi connectivity index (χ4v) is 2.29. The summed E-state index contributed by atoms with van der Waals surface area (Å²) in [6, 6.07) is 0. The Kier molecular flexibility index (Phi) is 2.07. The summed E-state index contributed by atoms with van der Waals surface area (Å²) in [4.78, 5) is 5.42. The van der Waals surface area contributed by atoms with Gasteiger partial charge >= 0.3 is 0 Å². The topological polar surface area (TPSA) is 21.6 Å². The van der Waals surface area contributed by atoms with E-state index in [0.717, 1.165) is 0 Å². The van der Waals surface area contributed by atoms with Crippen LogP contribution in [0.1, 0.15) is 39.5 Å². The number of hydrogen-bond donors (Lipinski definition) is 0. The van der Waals surface area contributed by atoms with Gasteiger partial charge in [0.05, 0.1) is 5.71 Å². The molecule has 1 aliphatic heterocycles. The summed E-state index contributed by atoms with van der Waals surface area (Å²) in [7, 11) is 0. The predicted octanol–water partition coefficient (Wildman–Crippen LogP) is 2.59. The molecule has 0 aromatic carbocycles. The number of rotatable bonds is 1. The first kappa shape index (κ1) is 8.09. The highest BCUT2D eigenvalue weighted by atomic mass is 16.6. The molecule has 12 heavy (non-hydrogen) atoms. The van der Waals surface area contributed by atoms with Crippen molar-refractivity contribution in [2.24, 2.45) is 17.0 Å². The lowest BCUT2D eigenvalue weighted by Crippen LogP contribution is -2.29. The van der Waals surface area contributed by atoms with Gasteiger partial charge in [0.25, 0.3) is 0 Å². The molecule has 1 heterocycles. The van der Waals surface area contributed by atoms with E-state index in [-0.39, 0.29) is 0 Å². The fraction of sp³-hybridized carbons (Fsp3) is 0.900. The molecule has 0 bridgehead atoms. The molecule has 0 radical (unpaired) electrons. The molecule has 0 amide bonds. The highest BCUT2D eigenvalue weighted by Gasteiger charge is 2.36. The molecule has 2 atom stereocenters. The van der Waals surface area contributed by atoms with Crippen LogP contribution in [0.25, 0.3) is 0 Å². The van der Waals surface area contributed by atoms with Crippen molar-refractivity contribution in [2.75, 3.05) is 0 Å². The van der Waals surface area contributed by atoms with Crippen molar-refractivity contribution in [3.8, 4) is 0 Å². The van der Waals surface area contributed by atoms with Crippen molar-refractivity contribution >= 4 is 5.71 Å². The Morgan fingerprint density at radius 3 is 2.83 bits per heavy atom. The summed E-state index contributed by atoms with van der Waals surface area (Å²) < 4.78 is 0. The van der Waals surface area contributed by atoms with Gasteiger partial charge in [-0.25, -0.2) is 0 Å². The summed E-state index contributed by atoms with van der Waals surface area (Å²) in [5.41, 5.74) is 1.31. The van der Waals surface area contributed by atoms with E-state index in [1.54, 1.807) is 0 Å². The molecule has 68 valence electrons. The predicted molar refractivity (Wildman–Crippen MR) is 49.1 cm³/mol. The third-order valence-electron chi connectivity index (χ3n) is 2.97. The quantitative estimate of drug-likeness (QED) is 0.588. The third kappa shape index (κ3) is 1.23. The lowest BCUT2D eigenvalue weighted by molar-refractivity contribution is 0.0396. The monoisotopic (exact) mass is 167 g/mol. The van der Waals surface area contributed by atoms with E-state index >= 15 is 0 Å². The minimum absolute atomic E-state index is 0.427. The first-order valence-corrected chi connectivity index (χ1v) is 5.02. The smallest absolute Gasteiger partial charge is 0.135 e. The van der Waals surface area contributed by atoms with Crippen molar-refractivity contribution in [1.29, 1.82) is 0 Å². The van der Waals surface area contributed by atoms with Gasteiger partial charge in [-0.1, -0.05) is 25.4 Å². The zero-order valence-corrected chi connectivity index (χ0v) is 7.92. The number of hydrogen-bond acceptors (Lipinski definition) is 2. The average Bonchev–Trinajstić information content (AvgIpc) is 2.47. The van der Waals surface area contributed by atoms with Gasteiger partial charge in [0.1, 0.15) is 6.10 Å². The van der Waals surface area contributed by atoms with Gasteiger partial charge in [0.15, 0.2) is 0 Å². The van der Waals surface area contributed by atoms with E-state index in [1.165, 1.54) is 31.4 Å². The molecule has 1 aliphatic carbocycles. The Morgan fingerprint density at radius 2 is 2.08 bits per heavy atom. The minimum Gasteiger partial charge on any atom is -0.392 e. The summed E-state index contributed by atoms with van der Waals surface area (Å²) in [6.45, 7) is 4.42. The van der Waals surface area contributed by atoms with Gasteiger partial charge < -0.3 is 4.84 Å². The molecule has 0 spiro atoms. The summed E-state index contributed by atoms with van der Waals surface area (Å²) >= 11 is 0. The van der Waals surface area contributed by atoms with Crippen molar-refractivity contribution < 1.29 is 4.84 Å². The van der Waals surface area contributed by atoms with Crippen LogP contribution < -0.4 is 0 Å². The molecule has 2 rings (SSSR count). The van der Waals surface area contributed by atoms with Gasteiger partial charge in [-0.3, -0.25) is 0 Å². The number of nitrogens with zero attached hydrogens (tertiary/aromatic N) is 1. The van der Waals surface area contributed by atoms with E-state index < -0.39 is 0 Å².